The van der Waals surface area contributed by atoms with Gasteiger partial charge >= 0.3 is 11.9 Å². The molecule has 8 heteroatoms. The molecule has 2 aromatic rings. The maximum atomic E-state index is 14.2. The van der Waals surface area contributed by atoms with Gasteiger partial charge in [-0.05, 0) is 48.2 Å². The number of hydrogen-bond donors (Lipinski definition) is 4. The Morgan fingerprint density at radius 2 is 1.23 bits per heavy atom. The smallest absolute Gasteiger partial charge is 0.337 e. The number of carbonyl (C=O) groups is 2. The SMILES string of the molecule is CNc1cc(CCc2cc(C(=O)O)c(NC)cc2F)c(F)cc1C(=O)O. The van der Waals surface area contributed by atoms with Crippen LogP contribution in [0.5, 0.6) is 0 Å². The van der Waals surface area contributed by atoms with E-state index >= 15 is 0 Å². The van der Waals surface area contributed by atoms with E-state index in [-0.39, 0.29) is 46.5 Å². The molecule has 0 saturated carbocycles. The third-order valence-electron chi connectivity index (χ3n) is 4.04. The maximum Gasteiger partial charge on any atom is 0.337 e. The molecule has 0 amide bonds. The normalized spacial score (nSPS) is 10.5. The van der Waals surface area contributed by atoms with Crippen molar-refractivity contribution in [2.75, 3.05) is 24.7 Å². The first kappa shape index (κ1) is 19.2. The fourth-order valence-corrected chi connectivity index (χ4v) is 2.66. The van der Waals surface area contributed by atoms with Crippen LogP contribution in [0.25, 0.3) is 0 Å². The van der Waals surface area contributed by atoms with E-state index in [0.29, 0.717) is 0 Å². The minimum Gasteiger partial charge on any atom is -0.478 e. The van der Waals surface area contributed by atoms with Gasteiger partial charge in [-0.2, -0.15) is 0 Å². The summed E-state index contributed by atoms with van der Waals surface area (Å²) in [6.45, 7) is 0. The first-order valence-corrected chi connectivity index (χ1v) is 7.75. The van der Waals surface area contributed by atoms with Gasteiger partial charge in [0.15, 0.2) is 0 Å². The summed E-state index contributed by atoms with van der Waals surface area (Å²) in [5.41, 5.74) is 0.440. The van der Waals surface area contributed by atoms with Gasteiger partial charge in [0.25, 0.3) is 0 Å². The Hall–Kier alpha value is -3.16. The van der Waals surface area contributed by atoms with Crippen molar-refractivity contribution in [2.24, 2.45) is 0 Å². The van der Waals surface area contributed by atoms with E-state index in [2.05, 4.69) is 10.6 Å². The zero-order chi connectivity index (χ0) is 19.4. The van der Waals surface area contributed by atoms with Crippen molar-refractivity contribution in [3.05, 3.63) is 58.2 Å². The predicted molar refractivity (Wildman–Crippen MR) is 93.2 cm³/mol. The second-order valence-corrected chi connectivity index (χ2v) is 5.59. The van der Waals surface area contributed by atoms with Gasteiger partial charge in [-0.1, -0.05) is 0 Å². The van der Waals surface area contributed by atoms with Gasteiger partial charge in [0.1, 0.15) is 11.6 Å². The van der Waals surface area contributed by atoms with Crippen LogP contribution in [0, 0.1) is 11.6 Å². The zero-order valence-corrected chi connectivity index (χ0v) is 14.2. The van der Waals surface area contributed by atoms with Crippen molar-refractivity contribution < 1.29 is 28.6 Å². The molecule has 0 aliphatic heterocycles. The summed E-state index contributed by atoms with van der Waals surface area (Å²) in [5, 5.41) is 23.6. The minimum atomic E-state index is -1.26. The number of anilines is 2. The Bertz CT molecular complexity index is 869. The van der Waals surface area contributed by atoms with Crippen LogP contribution in [0.3, 0.4) is 0 Å². The predicted octanol–water partition coefficient (Wildman–Crippen LogP) is 3.23. The number of carboxylic acid groups (broad SMARTS) is 2. The molecule has 0 fully saturated rings. The number of hydrogen-bond acceptors (Lipinski definition) is 4. The lowest BCUT2D eigenvalue weighted by molar-refractivity contribution is 0.0686. The highest BCUT2D eigenvalue weighted by molar-refractivity contribution is 5.95. The molecule has 0 radical (unpaired) electrons. The molecule has 0 unspecified atom stereocenters. The van der Waals surface area contributed by atoms with E-state index in [4.69, 9.17) is 5.11 Å². The number of rotatable bonds is 7. The molecule has 26 heavy (non-hydrogen) atoms. The molecule has 0 aliphatic carbocycles. The Morgan fingerprint density at radius 1 is 0.808 bits per heavy atom. The van der Waals surface area contributed by atoms with Crippen LogP contribution < -0.4 is 10.6 Å². The fraction of sp³-hybridized carbons (Fsp3) is 0.222. The van der Waals surface area contributed by atoms with Gasteiger partial charge in [0.2, 0.25) is 0 Å². The van der Waals surface area contributed by atoms with E-state index < -0.39 is 23.6 Å². The second-order valence-electron chi connectivity index (χ2n) is 5.59. The zero-order valence-electron chi connectivity index (χ0n) is 14.2. The van der Waals surface area contributed by atoms with E-state index in [0.717, 1.165) is 12.1 Å². The minimum absolute atomic E-state index is 0.0581. The van der Waals surface area contributed by atoms with E-state index in [1.165, 1.54) is 26.2 Å². The fourth-order valence-electron chi connectivity index (χ4n) is 2.66. The molecular formula is C18H18F2N2O4. The van der Waals surface area contributed by atoms with Crippen LogP contribution in [0.4, 0.5) is 20.2 Å². The maximum absolute atomic E-state index is 14.2. The highest BCUT2D eigenvalue weighted by atomic mass is 19.1. The Labute approximate surface area is 148 Å². The lowest BCUT2D eigenvalue weighted by atomic mass is 9.99. The number of benzene rings is 2. The van der Waals surface area contributed by atoms with Crippen molar-refractivity contribution in [2.45, 2.75) is 12.8 Å². The molecule has 138 valence electrons. The third-order valence-corrected chi connectivity index (χ3v) is 4.04. The van der Waals surface area contributed by atoms with Crippen LogP contribution in [0.2, 0.25) is 0 Å². The first-order chi connectivity index (χ1) is 12.3. The summed E-state index contributed by atoms with van der Waals surface area (Å²) in [7, 11) is 3.00. The van der Waals surface area contributed by atoms with Crippen molar-refractivity contribution in [1.82, 2.24) is 0 Å². The van der Waals surface area contributed by atoms with Crippen LogP contribution in [0.15, 0.2) is 24.3 Å². The van der Waals surface area contributed by atoms with E-state index in [9.17, 15) is 23.5 Å². The summed E-state index contributed by atoms with van der Waals surface area (Å²) in [5.74, 6) is -3.78. The molecule has 4 N–H and O–H groups in total. The van der Waals surface area contributed by atoms with Gasteiger partial charge in [-0.15, -0.1) is 0 Å². The molecule has 0 spiro atoms. The van der Waals surface area contributed by atoms with Gasteiger partial charge in [0, 0.05) is 19.8 Å². The quantitative estimate of drug-likeness (QED) is 0.602. The molecule has 0 aliphatic rings. The first-order valence-electron chi connectivity index (χ1n) is 7.75. The average molecular weight is 364 g/mol. The molecule has 2 aromatic carbocycles. The standard InChI is InChI=1S/C18H18F2N2O4/c1-21-15-6-10(13(19)7-12(15)18(25)26)4-3-9-5-11(17(23)24)16(22-2)8-14(9)20/h5-8,21-22H,3-4H2,1-2H3,(H,23,24)(H,25,26). The summed E-state index contributed by atoms with van der Waals surface area (Å²) in [6.07, 6.45) is 0.137. The Kier molecular flexibility index (Phi) is 5.76. The molecule has 2 rings (SSSR count). The number of aryl methyl sites for hydroxylation is 2. The molecule has 6 nitrogen and oxygen atoms in total. The summed E-state index contributed by atoms with van der Waals surface area (Å²) in [4.78, 5) is 22.4. The van der Waals surface area contributed by atoms with Crippen molar-refractivity contribution >= 4 is 23.3 Å². The highest BCUT2D eigenvalue weighted by Gasteiger charge is 2.17. The highest BCUT2D eigenvalue weighted by Crippen LogP contribution is 2.25. The number of carboxylic acids is 2. The summed E-state index contributed by atoms with van der Waals surface area (Å²) < 4.78 is 28.3. The second kappa shape index (κ2) is 7.81. The molecule has 0 atom stereocenters. The molecule has 0 bridgehead atoms. The Morgan fingerprint density at radius 3 is 1.73 bits per heavy atom. The van der Waals surface area contributed by atoms with Gasteiger partial charge in [-0.3, -0.25) is 0 Å². The average Bonchev–Trinajstić information content (AvgIpc) is 2.60. The molecular weight excluding hydrogens is 346 g/mol. The van der Waals surface area contributed by atoms with Gasteiger partial charge < -0.3 is 20.8 Å². The van der Waals surface area contributed by atoms with Crippen LogP contribution >= 0.6 is 0 Å². The molecule has 0 aromatic heterocycles. The molecule has 0 saturated heterocycles. The monoisotopic (exact) mass is 364 g/mol. The van der Waals surface area contributed by atoms with Gasteiger partial charge in [-0.25, -0.2) is 18.4 Å². The van der Waals surface area contributed by atoms with Crippen molar-refractivity contribution in [3.63, 3.8) is 0 Å². The topological polar surface area (TPSA) is 98.7 Å². The van der Waals surface area contributed by atoms with Crippen LogP contribution in [-0.4, -0.2) is 36.2 Å². The third kappa shape index (κ3) is 3.90. The van der Waals surface area contributed by atoms with Crippen molar-refractivity contribution in [1.29, 1.82) is 0 Å². The van der Waals surface area contributed by atoms with E-state index in [1.54, 1.807) is 0 Å². The Balaban J connectivity index is 2.33. The number of halogens is 2. The lowest BCUT2D eigenvalue weighted by Gasteiger charge is -2.12. The van der Waals surface area contributed by atoms with Crippen LogP contribution in [-0.2, 0) is 12.8 Å². The summed E-state index contributed by atoms with van der Waals surface area (Å²) in [6, 6.07) is 4.57. The lowest BCUT2D eigenvalue weighted by Crippen LogP contribution is -2.08. The molecule has 0 heterocycles. The van der Waals surface area contributed by atoms with Gasteiger partial charge in [0.05, 0.1) is 16.8 Å². The van der Waals surface area contributed by atoms with Crippen molar-refractivity contribution in [3.8, 4) is 0 Å². The van der Waals surface area contributed by atoms with Crippen LogP contribution in [0.1, 0.15) is 31.8 Å². The number of aromatic carboxylic acids is 2. The van der Waals surface area contributed by atoms with E-state index in [1.807, 2.05) is 0 Å². The number of nitrogens with one attached hydrogen (secondary N) is 2. The largest absolute Gasteiger partial charge is 0.478 e. The summed E-state index contributed by atoms with van der Waals surface area (Å²) >= 11 is 0.